The first-order valence-electron chi connectivity index (χ1n) is 9.06. The summed E-state index contributed by atoms with van der Waals surface area (Å²) in [5.41, 5.74) is 9.01. The summed E-state index contributed by atoms with van der Waals surface area (Å²) >= 11 is 0. The van der Waals surface area contributed by atoms with E-state index in [0.29, 0.717) is 23.5 Å². The molecule has 0 aromatic heterocycles. The Labute approximate surface area is 156 Å². The second-order valence-corrected chi connectivity index (χ2v) is 9.01. The maximum Gasteiger partial charge on any atom is 0.242 e. The molecule has 1 aliphatic rings. The molecule has 0 aliphatic carbocycles. The lowest BCUT2D eigenvalue weighted by atomic mass is 10.00. The molecule has 6 heteroatoms. The van der Waals surface area contributed by atoms with Gasteiger partial charge in [-0.1, -0.05) is 48.0 Å². The molecule has 26 heavy (non-hydrogen) atoms. The molecule has 140 valence electrons. The van der Waals surface area contributed by atoms with Crippen molar-refractivity contribution in [3.05, 3.63) is 65.7 Å². The first-order chi connectivity index (χ1) is 12.5. The highest BCUT2D eigenvalue weighted by Crippen LogP contribution is 2.24. The highest BCUT2D eigenvalue weighted by atomic mass is 32.2. The van der Waals surface area contributed by atoms with Gasteiger partial charge in [0.15, 0.2) is 0 Å². The molecule has 1 saturated heterocycles. The van der Waals surface area contributed by atoms with Gasteiger partial charge in [-0.3, -0.25) is 10.9 Å². The average Bonchev–Trinajstić information content (AvgIpc) is 3.11. The van der Waals surface area contributed by atoms with E-state index in [0.717, 1.165) is 24.8 Å². The molecule has 2 unspecified atom stereocenters. The van der Waals surface area contributed by atoms with Gasteiger partial charge in [-0.25, -0.2) is 12.7 Å². The van der Waals surface area contributed by atoms with Crippen LogP contribution in [-0.4, -0.2) is 32.4 Å². The number of rotatable bonds is 7. The Morgan fingerprint density at radius 2 is 1.73 bits per heavy atom. The van der Waals surface area contributed by atoms with Crippen molar-refractivity contribution in [1.29, 1.82) is 0 Å². The number of aryl methyl sites for hydroxylation is 1. The molecule has 0 bridgehead atoms. The number of benzene rings is 2. The smallest absolute Gasteiger partial charge is 0.242 e. The first-order valence-corrected chi connectivity index (χ1v) is 10.5. The largest absolute Gasteiger partial charge is 0.254 e. The molecular weight excluding hydrogens is 346 g/mol. The van der Waals surface area contributed by atoms with E-state index in [1.807, 2.05) is 25.1 Å². The van der Waals surface area contributed by atoms with Crippen LogP contribution >= 0.6 is 0 Å². The highest BCUT2D eigenvalue weighted by molar-refractivity contribution is 7.89. The van der Waals surface area contributed by atoms with Crippen LogP contribution in [0, 0.1) is 6.92 Å². The Hall–Kier alpha value is -1.73. The molecule has 2 aromatic carbocycles. The normalized spacial score (nSPS) is 20.6. The number of hydrogen-bond donors (Lipinski definition) is 2. The Morgan fingerprint density at radius 1 is 1.04 bits per heavy atom. The molecule has 1 aliphatic heterocycles. The quantitative estimate of drug-likeness (QED) is 0.783. The van der Waals surface area contributed by atoms with Gasteiger partial charge in [-0.2, -0.15) is 0 Å². The van der Waals surface area contributed by atoms with Gasteiger partial charge in [-0.05, 0) is 43.9 Å². The molecule has 5 nitrogen and oxygen atoms in total. The van der Waals surface area contributed by atoms with Crippen LogP contribution in [0.25, 0.3) is 0 Å². The molecule has 0 amide bonds. The molecule has 0 spiro atoms. The molecule has 3 rings (SSSR count). The van der Waals surface area contributed by atoms with Crippen molar-refractivity contribution in [2.24, 2.45) is 0 Å². The molecule has 0 radical (unpaired) electrons. The van der Waals surface area contributed by atoms with Crippen LogP contribution in [0.4, 0.5) is 0 Å². The highest BCUT2D eigenvalue weighted by Gasteiger charge is 2.25. The fourth-order valence-corrected chi connectivity index (χ4v) is 4.50. The summed E-state index contributed by atoms with van der Waals surface area (Å²) < 4.78 is 26.7. The zero-order chi connectivity index (χ0) is 18.6. The van der Waals surface area contributed by atoms with E-state index in [-0.39, 0.29) is 0 Å². The monoisotopic (exact) mass is 373 g/mol. The number of nitrogens with one attached hydrogen (secondary N) is 2. The molecule has 0 saturated carbocycles. The van der Waals surface area contributed by atoms with Crippen molar-refractivity contribution in [1.82, 2.24) is 15.2 Å². The lowest BCUT2D eigenvalue weighted by molar-refractivity contribution is 0.428. The Kier molecular flexibility index (Phi) is 6.09. The third-order valence-corrected chi connectivity index (χ3v) is 6.81. The van der Waals surface area contributed by atoms with Gasteiger partial charge in [-0.15, -0.1) is 0 Å². The summed E-state index contributed by atoms with van der Waals surface area (Å²) in [5.74, 6) is 0. The fraction of sp³-hybridized carbons (Fsp3) is 0.400. The minimum atomic E-state index is -3.41. The second kappa shape index (κ2) is 8.31. The third kappa shape index (κ3) is 4.51. The van der Waals surface area contributed by atoms with Crippen LogP contribution < -0.4 is 10.9 Å². The van der Waals surface area contributed by atoms with Crippen LogP contribution in [0.3, 0.4) is 0 Å². The SMILES string of the molecule is Cc1ccc(S(=O)(=O)N(C)CCCC2CC(c3ccccc3)NN2)cc1. The number of sulfonamides is 1. The predicted octanol–water partition coefficient (Wildman–Crippen LogP) is 3.00. The van der Waals surface area contributed by atoms with Crippen LogP contribution in [0.1, 0.15) is 36.4 Å². The minimum absolute atomic E-state index is 0.315. The molecule has 1 heterocycles. The maximum atomic E-state index is 12.6. The van der Waals surface area contributed by atoms with Crippen molar-refractivity contribution >= 4 is 10.0 Å². The predicted molar refractivity (Wildman–Crippen MR) is 104 cm³/mol. The Balaban J connectivity index is 1.48. The van der Waals surface area contributed by atoms with Crippen LogP contribution in [-0.2, 0) is 10.0 Å². The summed E-state index contributed by atoms with van der Waals surface area (Å²) in [6.45, 7) is 2.47. The zero-order valence-electron chi connectivity index (χ0n) is 15.4. The van der Waals surface area contributed by atoms with Crippen molar-refractivity contribution in [3.63, 3.8) is 0 Å². The van der Waals surface area contributed by atoms with Crippen LogP contribution in [0.2, 0.25) is 0 Å². The van der Waals surface area contributed by atoms with Gasteiger partial charge < -0.3 is 0 Å². The average molecular weight is 374 g/mol. The van der Waals surface area contributed by atoms with E-state index < -0.39 is 10.0 Å². The topological polar surface area (TPSA) is 61.4 Å². The molecular formula is C20H27N3O2S. The fourth-order valence-electron chi connectivity index (χ4n) is 3.29. The maximum absolute atomic E-state index is 12.6. The molecule has 2 aromatic rings. The lowest BCUT2D eigenvalue weighted by Gasteiger charge is -2.18. The summed E-state index contributed by atoms with van der Waals surface area (Å²) in [5, 5.41) is 0. The van der Waals surface area contributed by atoms with Gasteiger partial charge in [0.05, 0.1) is 4.90 Å². The number of hydrazine groups is 1. The van der Waals surface area contributed by atoms with E-state index in [1.54, 1.807) is 19.2 Å². The molecule has 1 fully saturated rings. The van der Waals surface area contributed by atoms with Gasteiger partial charge in [0.1, 0.15) is 0 Å². The van der Waals surface area contributed by atoms with Gasteiger partial charge in [0.2, 0.25) is 10.0 Å². The Bertz CT molecular complexity index is 807. The van der Waals surface area contributed by atoms with E-state index in [9.17, 15) is 8.42 Å². The van der Waals surface area contributed by atoms with Crippen molar-refractivity contribution in [2.45, 2.75) is 43.2 Å². The summed E-state index contributed by atoms with van der Waals surface area (Å²) in [7, 11) is -1.75. The van der Waals surface area contributed by atoms with E-state index in [2.05, 4.69) is 35.1 Å². The second-order valence-electron chi connectivity index (χ2n) is 6.97. The summed E-state index contributed by atoms with van der Waals surface area (Å²) in [4.78, 5) is 0.357. The summed E-state index contributed by atoms with van der Waals surface area (Å²) in [6, 6.07) is 18.1. The minimum Gasteiger partial charge on any atom is -0.254 e. The number of nitrogens with zero attached hydrogens (tertiary/aromatic N) is 1. The van der Waals surface area contributed by atoms with E-state index >= 15 is 0 Å². The Morgan fingerprint density at radius 3 is 2.42 bits per heavy atom. The number of hydrogen-bond acceptors (Lipinski definition) is 4. The van der Waals surface area contributed by atoms with Gasteiger partial charge in [0, 0.05) is 25.7 Å². The van der Waals surface area contributed by atoms with E-state index in [4.69, 9.17) is 0 Å². The van der Waals surface area contributed by atoms with Crippen molar-refractivity contribution < 1.29 is 8.42 Å². The lowest BCUT2D eigenvalue weighted by Crippen LogP contribution is -2.32. The molecule has 2 N–H and O–H groups in total. The third-order valence-electron chi connectivity index (χ3n) is 4.94. The zero-order valence-corrected chi connectivity index (χ0v) is 16.2. The van der Waals surface area contributed by atoms with Crippen LogP contribution in [0.15, 0.2) is 59.5 Å². The first kappa shape index (κ1) is 19.0. The van der Waals surface area contributed by atoms with Crippen molar-refractivity contribution in [2.75, 3.05) is 13.6 Å². The molecule has 2 atom stereocenters. The van der Waals surface area contributed by atoms with Gasteiger partial charge >= 0.3 is 0 Å². The standard InChI is InChI=1S/C20H27N3O2S/c1-16-10-12-19(13-11-16)26(24,25)23(2)14-6-9-18-15-20(22-21-18)17-7-4-3-5-8-17/h3-5,7-8,10-13,18,20-22H,6,9,14-15H2,1-2H3. The van der Waals surface area contributed by atoms with Crippen LogP contribution in [0.5, 0.6) is 0 Å². The van der Waals surface area contributed by atoms with Crippen molar-refractivity contribution in [3.8, 4) is 0 Å². The van der Waals surface area contributed by atoms with E-state index in [1.165, 1.54) is 9.87 Å². The summed E-state index contributed by atoms with van der Waals surface area (Å²) in [6.07, 6.45) is 2.77. The van der Waals surface area contributed by atoms with Gasteiger partial charge in [0.25, 0.3) is 0 Å².